The lowest BCUT2D eigenvalue weighted by atomic mass is 9.98. The van der Waals surface area contributed by atoms with Gasteiger partial charge in [0.1, 0.15) is 22.3 Å². The minimum Gasteiger partial charge on any atom is -0.456 e. The van der Waals surface area contributed by atoms with Gasteiger partial charge in [0.25, 0.3) is 0 Å². The Morgan fingerprint density at radius 2 is 0.662 bits per heavy atom. The minimum absolute atomic E-state index is 0.846. The van der Waals surface area contributed by atoms with Crippen molar-refractivity contribution in [2.45, 2.75) is 0 Å². The molecule has 5 heteroatoms. The maximum Gasteiger partial charge on any atom is 0.137 e. The molecule has 14 rings (SSSR count). The van der Waals surface area contributed by atoms with Gasteiger partial charge in [-0.2, -0.15) is 0 Å². The van der Waals surface area contributed by atoms with Crippen molar-refractivity contribution < 1.29 is 8.83 Å². The van der Waals surface area contributed by atoms with E-state index in [9.17, 15) is 0 Å². The van der Waals surface area contributed by atoms with Crippen LogP contribution in [0.1, 0.15) is 0 Å². The van der Waals surface area contributed by atoms with E-state index < -0.39 is 0 Å². The lowest BCUT2D eigenvalue weighted by Gasteiger charge is -2.28. The van der Waals surface area contributed by atoms with E-state index in [1.807, 2.05) is 23.5 Å². The molecule has 334 valence electrons. The van der Waals surface area contributed by atoms with Gasteiger partial charge in [-0.15, -0.1) is 11.3 Å². The van der Waals surface area contributed by atoms with Gasteiger partial charge in [-0.3, -0.25) is 0 Å². The summed E-state index contributed by atoms with van der Waals surface area (Å²) in [6, 6.07) is 91.2. The SMILES string of the molecule is c1ccc(-c2cccc(-c3cccc(N(c4cccc(-c5cccc(N(c6cccc7c6sc6ccccc67)c6cccc7oc8ccccc8c67)c5)c4)c4cccc5oc6ccccc6c45)c3)c2)cc1. The lowest BCUT2D eigenvalue weighted by Crippen LogP contribution is -2.11. The summed E-state index contributed by atoms with van der Waals surface area (Å²) in [5.74, 6) is 0. The molecular formula is C66H42N2O2S. The molecule has 0 bridgehead atoms. The van der Waals surface area contributed by atoms with Crippen LogP contribution >= 0.6 is 11.3 Å². The molecule has 71 heavy (non-hydrogen) atoms. The maximum atomic E-state index is 6.52. The van der Waals surface area contributed by atoms with Crippen molar-refractivity contribution in [3.05, 3.63) is 255 Å². The van der Waals surface area contributed by atoms with E-state index in [0.717, 1.165) is 100 Å². The number of hydrogen-bond acceptors (Lipinski definition) is 5. The Bertz CT molecular complexity index is 4330. The number of para-hydroxylation sites is 2. The van der Waals surface area contributed by atoms with Crippen LogP contribution in [0, 0.1) is 0 Å². The second-order valence-electron chi connectivity index (χ2n) is 18.0. The van der Waals surface area contributed by atoms with Crippen LogP contribution in [0.5, 0.6) is 0 Å². The van der Waals surface area contributed by atoms with Gasteiger partial charge >= 0.3 is 0 Å². The molecule has 3 heterocycles. The van der Waals surface area contributed by atoms with Gasteiger partial charge in [-0.25, -0.2) is 0 Å². The van der Waals surface area contributed by atoms with Crippen molar-refractivity contribution in [1.82, 2.24) is 0 Å². The van der Waals surface area contributed by atoms with Crippen LogP contribution in [0.25, 0.3) is 97.4 Å². The highest BCUT2D eigenvalue weighted by molar-refractivity contribution is 7.26. The molecule has 0 saturated heterocycles. The third-order valence-electron chi connectivity index (χ3n) is 13.8. The summed E-state index contributed by atoms with van der Waals surface area (Å²) in [5, 5.41) is 6.83. The van der Waals surface area contributed by atoms with Crippen LogP contribution in [0.4, 0.5) is 34.1 Å². The fourth-order valence-corrected chi connectivity index (χ4v) is 11.8. The first-order valence-electron chi connectivity index (χ1n) is 24.0. The summed E-state index contributed by atoms with van der Waals surface area (Å²) in [6.45, 7) is 0. The molecule has 0 N–H and O–H groups in total. The van der Waals surface area contributed by atoms with E-state index in [0.29, 0.717) is 0 Å². The molecule has 3 aromatic heterocycles. The number of rotatable bonds is 9. The summed E-state index contributed by atoms with van der Waals surface area (Å²) in [4.78, 5) is 4.83. The quantitative estimate of drug-likeness (QED) is 0.144. The molecule has 0 spiro atoms. The zero-order valence-corrected chi connectivity index (χ0v) is 39.2. The topological polar surface area (TPSA) is 32.8 Å². The normalized spacial score (nSPS) is 11.7. The fourth-order valence-electron chi connectivity index (χ4n) is 10.6. The molecule has 0 radical (unpaired) electrons. The first-order valence-corrected chi connectivity index (χ1v) is 24.8. The van der Waals surface area contributed by atoms with Crippen LogP contribution in [-0.4, -0.2) is 0 Å². The number of fused-ring (bicyclic) bond motifs is 9. The predicted octanol–water partition coefficient (Wildman–Crippen LogP) is 19.8. The van der Waals surface area contributed by atoms with Gasteiger partial charge in [0.15, 0.2) is 0 Å². The number of hydrogen-bond donors (Lipinski definition) is 0. The van der Waals surface area contributed by atoms with Crippen molar-refractivity contribution in [3.63, 3.8) is 0 Å². The second-order valence-corrected chi connectivity index (χ2v) is 19.1. The molecule has 0 aliphatic carbocycles. The van der Waals surface area contributed by atoms with E-state index in [4.69, 9.17) is 8.83 Å². The van der Waals surface area contributed by atoms with E-state index >= 15 is 0 Å². The molecule has 4 nitrogen and oxygen atoms in total. The zero-order chi connectivity index (χ0) is 46.8. The van der Waals surface area contributed by atoms with Crippen molar-refractivity contribution in [3.8, 4) is 33.4 Å². The van der Waals surface area contributed by atoms with E-state index in [1.165, 1.54) is 31.3 Å². The maximum absolute atomic E-state index is 6.52. The number of anilines is 6. The Balaban J connectivity index is 0.945. The smallest absolute Gasteiger partial charge is 0.137 e. The molecule has 0 atom stereocenters. The second kappa shape index (κ2) is 16.8. The highest BCUT2D eigenvalue weighted by Gasteiger charge is 2.24. The summed E-state index contributed by atoms with van der Waals surface area (Å²) in [6.07, 6.45) is 0. The van der Waals surface area contributed by atoms with Gasteiger partial charge in [-0.05, 0) is 124 Å². The summed E-state index contributed by atoms with van der Waals surface area (Å²) >= 11 is 1.84. The van der Waals surface area contributed by atoms with Gasteiger partial charge < -0.3 is 18.6 Å². The van der Waals surface area contributed by atoms with Crippen LogP contribution in [-0.2, 0) is 0 Å². The molecule has 0 aliphatic rings. The average Bonchev–Trinajstić information content (AvgIpc) is 4.14. The zero-order valence-electron chi connectivity index (χ0n) is 38.4. The average molecular weight is 927 g/mol. The Morgan fingerprint density at radius 3 is 1.27 bits per heavy atom. The van der Waals surface area contributed by atoms with Gasteiger partial charge in [0.2, 0.25) is 0 Å². The number of furan rings is 2. The first kappa shape index (κ1) is 40.9. The summed E-state index contributed by atoms with van der Waals surface area (Å²) in [5.41, 5.74) is 16.6. The Hall–Kier alpha value is -9.16. The van der Waals surface area contributed by atoms with Crippen LogP contribution in [0.2, 0.25) is 0 Å². The third-order valence-corrected chi connectivity index (χ3v) is 15.0. The Morgan fingerprint density at radius 1 is 0.268 bits per heavy atom. The number of thiophene rings is 1. The summed E-state index contributed by atoms with van der Waals surface area (Å²) in [7, 11) is 0. The van der Waals surface area contributed by atoms with E-state index in [-0.39, 0.29) is 0 Å². The molecule has 0 fully saturated rings. The van der Waals surface area contributed by atoms with Crippen LogP contribution in [0.15, 0.2) is 264 Å². The summed E-state index contributed by atoms with van der Waals surface area (Å²) < 4.78 is 15.5. The van der Waals surface area contributed by atoms with Gasteiger partial charge in [0, 0.05) is 43.3 Å². The van der Waals surface area contributed by atoms with Crippen molar-refractivity contribution in [2.75, 3.05) is 9.80 Å². The molecule has 14 aromatic rings. The highest BCUT2D eigenvalue weighted by Crippen LogP contribution is 2.49. The Kier molecular flexibility index (Phi) is 9.68. The van der Waals surface area contributed by atoms with Crippen molar-refractivity contribution >= 4 is 110 Å². The molecule has 0 aliphatic heterocycles. The van der Waals surface area contributed by atoms with Gasteiger partial charge in [-0.1, -0.05) is 164 Å². The predicted molar refractivity (Wildman–Crippen MR) is 300 cm³/mol. The molecule has 0 saturated carbocycles. The fraction of sp³-hybridized carbons (Fsp3) is 0. The van der Waals surface area contributed by atoms with Crippen LogP contribution in [0.3, 0.4) is 0 Å². The lowest BCUT2D eigenvalue weighted by molar-refractivity contribution is 0.668. The molecular weight excluding hydrogens is 885 g/mol. The van der Waals surface area contributed by atoms with Crippen molar-refractivity contribution in [2.24, 2.45) is 0 Å². The first-order chi connectivity index (χ1) is 35.2. The number of benzene rings is 11. The largest absolute Gasteiger partial charge is 0.456 e. The Labute approximate surface area is 414 Å². The minimum atomic E-state index is 0.846. The monoisotopic (exact) mass is 926 g/mol. The van der Waals surface area contributed by atoms with Crippen molar-refractivity contribution in [1.29, 1.82) is 0 Å². The van der Waals surface area contributed by atoms with E-state index in [2.05, 4.69) is 252 Å². The van der Waals surface area contributed by atoms with E-state index in [1.54, 1.807) is 0 Å². The highest BCUT2D eigenvalue weighted by atomic mass is 32.1. The van der Waals surface area contributed by atoms with Crippen LogP contribution < -0.4 is 9.80 Å². The standard InChI is InChI=1S/C66H42N2O2S/c1-2-17-43(18-3-1)44-19-10-20-45(39-44)46-21-11-24-49(40-46)67(56-31-15-36-61-64(56)54-28-4-7-34-59(54)69-61)50-25-12-22-47(41-50)48-23-13-26-51(42-48)68(57-32-16-37-62-65(57)55-29-5-8-35-60(55)70-62)58-33-14-30-53-52-27-6-9-38-63(52)71-66(53)58/h1-42H. The van der Waals surface area contributed by atoms with Gasteiger partial charge in [0.05, 0.1) is 32.5 Å². The third kappa shape index (κ3) is 6.97. The molecule has 0 amide bonds. The number of nitrogens with zero attached hydrogens (tertiary/aromatic N) is 2. The molecule has 11 aromatic carbocycles. The molecule has 0 unspecified atom stereocenters.